The average Bonchev–Trinajstić information content (AvgIpc) is 2.54. The first-order valence-electron chi connectivity index (χ1n) is 8.08. The molecule has 0 spiro atoms. The van der Waals surface area contributed by atoms with Crippen molar-refractivity contribution >= 4 is 28.9 Å². The zero-order valence-electron chi connectivity index (χ0n) is 15.5. The summed E-state index contributed by atoms with van der Waals surface area (Å²) in [6.45, 7) is 10.0. The summed E-state index contributed by atoms with van der Waals surface area (Å²) >= 11 is 5.32. The maximum atomic E-state index is 12.4. The normalized spacial score (nSPS) is 10.3. The lowest BCUT2D eigenvalue weighted by Crippen LogP contribution is -2.34. The van der Waals surface area contributed by atoms with Crippen LogP contribution in [0.5, 0.6) is 5.75 Å². The van der Waals surface area contributed by atoms with Crippen molar-refractivity contribution in [1.29, 1.82) is 0 Å². The standard InChI is InChI=1S/C20H24N2O2S/c1-11-7-12(2)9-16(8-11)19(23)22-20(25)21-18-15(5)14(4)13(3)10-17(18)24-6/h7-10H,1-6H3,(H2,21,22,23,25). The van der Waals surface area contributed by atoms with E-state index in [1.54, 1.807) is 7.11 Å². The largest absolute Gasteiger partial charge is 0.495 e. The molecule has 0 atom stereocenters. The Hall–Kier alpha value is -2.40. The van der Waals surface area contributed by atoms with Gasteiger partial charge in [0, 0.05) is 5.56 Å². The number of amides is 1. The second kappa shape index (κ2) is 7.66. The van der Waals surface area contributed by atoms with Crippen molar-refractivity contribution in [2.24, 2.45) is 0 Å². The van der Waals surface area contributed by atoms with Crippen LogP contribution in [0.3, 0.4) is 0 Å². The summed E-state index contributed by atoms with van der Waals surface area (Å²) in [6, 6.07) is 7.66. The van der Waals surface area contributed by atoms with Gasteiger partial charge < -0.3 is 10.1 Å². The molecule has 1 amide bonds. The maximum absolute atomic E-state index is 12.4. The van der Waals surface area contributed by atoms with Gasteiger partial charge in [-0.05, 0) is 81.7 Å². The molecule has 0 saturated carbocycles. The first-order chi connectivity index (χ1) is 11.7. The summed E-state index contributed by atoms with van der Waals surface area (Å²) < 4.78 is 5.45. The number of ether oxygens (including phenoxy) is 1. The molecule has 4 nitrogen and oxygen atoms in total. The number of thiocarbonyl (C=S) groups is 1. The average molecular weight is 356 g/mol. The zero-order chi connectivity index (χ0) is 18.7. The van der Waals surface area contributed by atoms with Gasteiger partial charge >= 0.3 is 0 Å². The molecule has 0 aromatic heterocycles. The molecule has 0 aliphatic heterocycles. The van der Waals surface area contributed by atoms with E-state index in [-0.39, 0.29) is 11.0 Å². The van der Waals surface area contributed by atoms with Crippen molar-refractivity contribution in [1.82, 2.24) is 5.32 Å². The lowest BCUT2D eigenvalue weighted by atomic mass is 10.0. The lowest BCUT2D eigenvalue weighted by Gasteiger charge is -2.18. The molecule has 132 valence electrons. The number of aryl methyl sites for hydroxylation is 3. The first-order valence-corrected chi connectivity index (χ1v) is 8.49. The van der Waals surface area contributed by atoms with E-state index < -0.39 is 0 Å². The summed E-state index contributed by atoms with van der Waals surface area (Å²) in [6.07, 6.45) is 0. The molecule has 0 fully saturated rings. The van der Waals surface area contributed by atoms with Crippen molar-refractivity contribution in [3.8, 4) is 5.75 Å². The molecule has 2 rings (SSSR count). The van der Waals surface area contributed by atoms with Crippen LogP contribution in [-0.2, 0) is 0 Å². The van der Waals surface area contributed by atoms with Gasteiger partial charge in [-0.25, -0.2) is 0 Å². The minimum atomic E-state index is -0.232. The molecule has 0 aliphatic rings. The fourth-order valence-corrected chi connectivity index (χ4v) is 2.98. The molecule has 0 unspecified atom stereocenters. The number of anilines is 1. The van der Waals surface area contributed by atoms with Crippen molar-refractivity contribution in [2.45, 2.75) is 34.6 Å². The fourth-order valence-electron chi connectivity index (χ4n) is 2.79. The van der Waals surface area contributed by atoms with Gasteiger partial charge in [0.05, 0.1) is 12.8 Å². The van der Waals surface area contributed by atoms with Crippen molar-refractivity contribution in [2.75, 3.05) is 12.4 Å². The molecule has 0 heterocycles. The summed E-state index contributed by atoms with van der Waals surface area (Å²) in [5.74, 6) is 0.466. The molecule has 0 radical (unpaired) electrons. The van der Waals surface area contributed by atoms with Crippen molar-refractivity contribution in [3.63, 3.8) is 0 Å². The third-order valence-corrected chi connectivity index (χ3v) is 4.50. The van der Waals surface area contributed by atoms with E-state index in [2.05, 4.69) is 10.6 Å². The van der Waals surface area contributed by atoms with Gasteiger partial charge in [0.25, 0.3) is 5.91 Å². The Bertz CT molecular complexity index is 824. The Morgan fingerprint density at radius 1 is 0.960 bits per heavy atom. The Morgan fingerprint density at radius 2 is 1.56 bits per heavy atom. The van der Waals surface area contributed by atoms with E-state index in [1.807, 2.05) is 58.9 Å². The zero-order valence-corrected chi connectivity index (χ0v) is 16.4. The van der Waals surface area contributed by atoms with Crippen LogP contribution >= 0.6 is 12.2 Å². The minimum Gasteiger partial charge on any atom is -0.495 e. The maximum Gasteiger partial charge on any atom is 0.257 e. The second-order valence-corrected chi connectivity index (χ2v) is 6.71. The van der Waals surface area contributed by atoms with Crippen LogP contribution in [0.15, 0.2) is 24.3 Å². The van der Waals surface area contributed by atoms with E-state index in [0.717, 1.165) is 33.5 Å². The number of carbonyl (C=O) groups excluding carboxylic acids is 1. The van der Waals surface area contributed by atoms with E-state index in [9.17, 15) is 4.79 Å². The number of carbonyl (C=O) groups is 1. The summed E-state index contributed by atoms with van der Waals surface area (Å²) in [7, 11) is 1.62. The van der Waals surface area contributed by atoms with Crippen molar-refractivity contribution < 1.29 is 9.53 Å². The monoisotopic (exact) mass is 356 g/mol. The highest BCUT2D eigenvalue weighted by Crippen LogP contribution is 2.32. The molecular weight excluding hydrogens is 332 g/mol. The van der Waals surface area contributed by atoms with E-state index in [4.69, 9.17) is 17.0 Å². The molecule has 5 heteroatoms. The smallest absolute Gasteiger partial charge is 0.257 e. The molecule has 2 aromatic carbocycles. The third kappa shape index (κ3) is 4.37. The highest BCUT2D eigenvalue weighted by molar-refractivity contribution is 7.80. The van der Waals surface area contributed by atoms with Gasteiger partial charge in [-0.3, -0.25) is 10.1 Å². The Labute approximate surface area is 154 Å². The molecule has 0 bridgehead atoms. The van der Waals surface area contributed by atoms with Crippen LogP contribution in [0.1, 0.15) is 38.2 Å². The molecule has 2 N–H and O–H groups in total. The quantitative estimate of drug-likeness (QED) is 0.802. The van der Waals surface area contributed by atoms with Gasteiger partial charge in [0.2, 0.25) is 0 Å². The second-order valence-electron chi connectivity index (χ2n) is 6.31. The first kappa shape index (κ1) is 18.9. The number of rotatable bonds is 3. The third-order valence-electron chi connectivity index (χ3n) is 4.29. The predicted octanol–water partition coefficient (Wildman–Crippen LogP) is 4.36. The van der Waals surface area contributed by atoms with E-state index in [0.29, 0.717) is 11.3 Å². The van der Waals surface area contributed by atoms with E-state index >= 15 is 0 Å². The molecule has 2 aromatic rings. The number of hydrogen-bond acceptors (Lipinski definition) is 3. The van der Waals surface area contributed by atoms with Gasteiger partial charge in [-0.2, -0.15) is 0 Å². The van der Waals surface area contributed by atoms with Crippen LogP contribution in [0.4, 0.5) is 5.69 Å². The molecule has 25 heavy (non-hydrogen) atoms. The van der Waals surface area contributed by atoms with Crippen molar-refractivity contribution in [3.05, 3.63) is 57.6 Å². The molecule has 0 saturated heterocycles. The predicted molar refractivity (Wildman–Crippen MR) is 107 cm³/mol. The highest BCUT2D eigenvalue weighted by Gasteiger charge is 2.14. The van der Waals surface area contributed by atoms with Gasteiger partial charge in [-0.1, -0.05) is 17.2 Å². The van der Waals surface area contributed by atoms with Crippen LogP contribution in [-0.4, -0.2) is 18.1 Å². The SMILES string of the molecule is COc1cc(C)c(C)c(C)c1NC(=S)NC(=O)c1cc(C)cc(C)c1. The topological polar surface area (TPSA) is 50.4 Å². The fraction of sp³-hybridized carbons (Fsp3) is 0.300. The Kier molecular flexibility index (Phi) is 5.80. The van der Waals surface area contributed by atoms with Crippen LogP contribution in [0.25, 0.3) is 0 Å². The van der Waals surface area contributed by atoms with Crippen LogP contribution < -0.4 is 15.4 Å². The Morgan fingerprint density at radius 3 is 2.12 bits per heavy atom. The molecule has 0 aliphatic carbocycles. The van der Waals surface area contributed by atoms with Crippen LogP contribution in [0.2, 0.25) is 0 Å². The van der Waals surface area contributed by atoms with E-state index in [1.165, 1.54) is 0 Å². The van der Waals surface area contributed by atoms with Gasteiger partial charge in [-0.15, -0.1) is 0 Å². The number of nitrogens with one attached hydrogen (secondary N) is 2. The lowest BCUT2D eigenvalue weighted by molar-refractivity contribution is 0.0977. The molecular formula is C20H24N2O2S. The number of methoxy groups -OCH3 is 1. The summed E-state index contributed by atoms with van der Waals surface area (Å²) in [5, 5.41) is 6.08. The van der Waals surface area contributed by atoms with Gasteiger partial charge in [0.1, 0.15) is 5.75 Å². The number of benzene rings is 2. The minimum absolute atomic E-state index is 0.232. The summed E-state index contributed by atoms with van der Waals surface area (Å²) in [4.78, 5) is 12.4. The van der Waals surface area contributed by atoms with Crippen LogP contribution in [0, 0.1) is 34.6 Å². The highest BCUT2D eigenvalue weighted by atomic mass is 32.1. The number of hydrogen-bond donors (Lipinski definition) is 2. The summed E-state index contributed by atoms with van der Waals surface area (Å²) in [5.41, 5.74) is 6.78. The Balaban J connectivity index is 2.20. The van der Waals surface area contributed by atoms with Gasteiger partial charge in [0.15, 0.2) is 5.11 Å².